The maximum atomic E-state index is 10.8. The Kier molecular flexibility index (Phi) is 2.55. The number of nitriles is 1. The largest absolute Gasteiger partial charge is 0.388 e. The van der Waals surface area contributed by atoms with Crippen LogP contribution < -0.4 is 0 Å². The minimum Gasteiger partial charge on any atom is -0.388 e. The van der Waals surface area contributed by atoms with E-state index >= 15 is 0 Å². The third-order valence-electron chi connectivity index (χ3n) is 4.49. The summed E-state index contributed by atoms with van der Waals surface area (Å²) in [5.74, 6) is 1.12. The fourth-order valence-electron chi connectivity index (χ4n) is 3.69. The van der Waals surface area contributed by atoms with Crippen molar-refractivity contribution in [1.29, 1.82) is 5.26 Å². The molecule has 2 saturated carbocycles. The second-order valence-corrected chi connectivity index (χ2v) is 5.93. The van der Waals surface area contributed by atoms with Crippen molar-refractivity contribution in [2.75, 3.05) is 0 Å². The second-order valence-electron chi connectivity index (χ2n) is 5.93. The van der Waals surface area contributed by atoms with Gasteiger partial charge in [0.1, 0.15) is 0 Å². The zero-order chi connectivity index (χ0) is 11.1. The summed E-state index contributed by atoms with van der Waals surface area (Å²) in [6.07, 6.45) is 5.76. The zero-order valence-corrected chi connectivity index (χ0v) is 9.79. The molecule has 2 fully saturated rings. The van der Waals surface area contributed by atoms with Gasteiger partial charge >= 0.3 is 0 Å². The van der Waals surface area contributed by atoms with Gasteiger partial charge in [0.25, 0.3) is 0 Å². The van der Waals surface area contributed by atoms with E-state index < -0.39 is 11.0 Å². The molecule has 2 nitrogen and oxygen atoms in total. The first-order chi connectivity index (χ1) is 7.01. The molecule has 2 aliphatic rings. The molecule has 0 bridgehead atoms. The van der Waals surface area contributed by atoms with Crippen molar-refractivity contribution in [3.05, 3.63) is 0 Å². The van der Waals surface area contributed by atoms with Crippen molar-refractivity contribution < 1.29 is 5.11 Å². The fourth-order valence-corrected chi connectivity index (χ4v) is 3.69. The first kappa shape index (κ1) is 11.0. The van der Waals surface area contributed by atoms with Crippen molar-refractivity contribution in [2.45, 2.75) is 58.0 Å². The Morgan fingerprint density at radius 3 is 2.07 bits per heavy atom. The van der Waals surface area contributed by atoms with E-state index in [4.69, 9.17) is 0 Å². The lowest BCUT2D eigenvalue weighted by molar-refractivity contribution is -0.136. The fraction of sp³-hybridized carbons (Fsp3) is 0.923. The molecule has 2 heteroatoms. The number of hydrogen-bond acceptors (Lipinski definition) is 2. The summed E-state index contributed by atoms with van der Waals surface area (Å²) in [5.41, 5.74) is -1.10. The molecule has 0 radical (unpaired) electrons. The lowest BCUT2D eigenvalue weighted by atomic mass is 9.53. The molecule has 0 saturated heterocycles. The average molecular weight is 207 g/mol. The quantitative estimate of drug-likeness (QED) is 0.718. The highest BCUT2D eigenvalue weighted by Crippen LogP contribution is 2.55. The SMILES string of the molecule is CC1CC(C)CC(O)(C2(C#N)CCC2)C1. The van der Waals surface area contributed by atoms with E-state index in [0.717, 1.165) is 32.1 Å². The smallest absolute Gasteiger partial charge is 0.0860 e. The van der Waals surface area contributed by atoms with Crippen LogP contribution in [-0.2, 0) is 0 Å². The third-order valence-corrected chi connectivity index (χ3v) is 4.49. The Labute approximate surface area is 92.3 Å². The molecule has 2 atom stereocenters. The van der Waals surface area contributed by atoms with Crippen molar-refractivity contribution in [3.63, 3.8) is 0 Å². The van der Waals surface area contributed by atoms with Gasteiger partial charge < -0.3 is 5.11 Å². The molecule has 2 rings (SSSR count). The van der Waals surface area contributed by atoms with Gasteiger partial charge in [-0.1, -0.05) is 20.3 Å². The van der Waals surface area contributed by atoms with Crippen LogP contribution >= 0.6 is 0 Å². The van der Waals surface area contributed by atoms with Crippen LogP contribution in [0.4, 0.5) is 0 Å². The van der Waals surface area contributed by atoms with Gasteiger partial charge in [-0.15, -0.1) is 0 Å². The Morgan fingerprint density at radius 2 is 1.73 bits per heavy atom. The van der Waals surface area contributed by atoms with Crippen LogP contribution in [0.3, 0.4) is 0 Å². The number of nitrogens with zero attached hydrogens (tertiary/aromatic N) is 1. The van der Waals surface area contributed by atoms with Gasteiger partial charge in [0.15, 0.2) is 0 Å². The summed E-state index contributed by atoms with van der Waals surface area (Å²) < 4.78 is 0. The highest BCUT2D eigenvalue weighted by atomic mass is 16.3. The zero-order valence-electron chi connectivity index (χ0n) is 9.79. The Balaban J connectivity index is 2.21. The molecule has 0 aromatic heterocycles. The predicted octanol–water partition coefficient (Wildman–Crippen LogP) is 2.87. The molecule has 2 unspecified atom stereocenters. The van der Waals surface area contributed by atoms with Crippen LogP contribution in [0.25, 0.3) is 0 Å². The van der Waals surface area contributed by atoms with Gasteiger partial charge in [0.05, 0.1) is 17.1 Å². The van der Waals surface area contributed by atoms with Crippen LogP contribution in [0.5, 0.6) is 0 Å². The summed E-state index contributed by atoms with van der Waals surface area (Å²) in [4.78, 5) is 0. The van der Waals surface area contributed by atoms with Crippen molar-refractivity contribution in [3.8, 4) is 6.07 Å². The predicted molar refractivity (Wildman–Crippen MR) is 59.0 cm³/mol. The lowest BCUT2D eigenvalue weighted by Crippen LogP contribution is -2.55. The van der Waals surface area contributed by atoms with Crippen molar-refractivity contribution >= 4 is 0 Å². The van der Waals surface area contributed by atoms with E-state index in [-0.39, 0.29) is 0 Å². The Hall–Kier alpha value is -0.550. The molecule has 1 N–H and O–H groups in total. The Bertz CT molecular complexity index is 277. The molecular formula is C13H21NO. The van der Waals surface area contributed by atoms with Gasteiger partial charge in [-0.05, 0) is 43.9 Å². The first-order valence-electron chi connectivity index (χ1n) is 6.15. The number of rotatable bonds is 1. The standard InChI is InChI=1S/C13H21NO/c1-10-6-11(2)8-13(15,7-10)12(9-14)4-3-5-12/h10-11,15H,3-8H2,1-2H3. The molecule has 0 aromatic rings. The molecular weight excluding hydrogens is 186 g/mol. The van der Waals surface area contributed by atoms with Gasteiger partial charge in [0, 0.05) is 0 Å². The molecule has 0 aliphatic heterocycles. The highest BCUT2D eigenvalue weighted by Gasteiger charge is 2.56. The van der Waals surface area contributed by atoms with Gasteiger partial charge in [-0.25, -0.2) is 0 Å². The number of hydrogen-bond donors (Lipinski definition) is 1. The monoisotopic (exact) mass is 207 g/mol. The molecule has 84 valence electrons. The molecule has 0 spiro atoms. The van der Waals surface area contributed by atoms with Crippen LogP contribution in [0.15, 0.2) is 0 Å². The molecule has 2 aliphatic carbocycles. The van der Waals surface area contributed by atoms with E-state index in [2.05, 4.69) is 19.9 Å². The average Bonchev–Trinajstić information content (AvgIpc) is 1.98. The summed E-state index contributed by atoms with van der Waals surface area (Å²) in [6, 6.07) is 2.42. The van der Waals surface area contributed by atoms with Gasteiger partial charge in [0.2, 0.25) is 0 Å². The number of aliphatic hydroxyl groups is 1. The van der Waals surface area contributed by atoms with E-state index in [9.17, 15) is 10.4 Å². The van der Waals surface area contributed by atoms with Crippen LogP contribution in [0.1, 0.15) is 52.4 Å². The maximum absolute atomic E-state index is 10.8. The topological polar surface area (TPSA) is 44.0 Å². The van der Waals surface area contributed by atoms with Crippen LogP contribution in [0.2, 0.25) is 0 Å². The molecule has 15 heavy (non-hydrogen) atoms. The highest BCUT2D eigenvalue weighted by molar-refractivity contribution is 5.17. The maximum Gasteiger partial charge on any atom is 0.0860 e. The van der Waals surface area contributed by atoms with E-state index in [1.165, 1.54) is 6.42 Å². The minimum atomic E-state index is -0.697. The summed E-state index contributed by atoms with van der Waals surface area (Å²) in [5, 5.41) is 20.1. The first-order valence-corrected chi connectivity index (χ1v) is 6.15. The van der Waals surface area contributed by atoms with Gasteiger partial charge in [-0.3, -0.25) is 0 Å². The van der Waals surface area contributed by atoms with Gasteiger partial charge in [-0.2, -0.15) is 5.26 Å². The summed E-state index contributed by atoms with van der Waals surface area (Å²) >= 11 is 0. The normalized spacial score (nSPS) is 44.1. The summed E-state index contributed by atoms with van der Waals surface area (Å²) in [6.45, 7) is 4.40. The Morgan fingerprint density at radius 1 is 1.20 bits per heavy atom. The van der Waals surface area contributed by atoms with Crippen molar-refractivity contribution in [1.82, 2.24) is 0 Å². The molecule has 0 aromatic carbocycles. The van der Waals surface area contributed by atoms with Crippen molar-refractivity contribution in [2.24, 2.45) is 17.3 Å². The van der Waals surface area contributed by atoms with E-state index in [1.54, 1.807) is 0 Å². The molecule has 0 heterocycles. The van der Waals surface area contributed by atoms with Crippen LogP contribution in [0, 0.1) is 28.6 Å². The lowest BCUT2D eigenvalue weighted by Gasteiger charge is -2.52. The third kappa shape index (κ3) is 1.58. The van der Waals surface area contributed by atoms with Crippen LogP contribution in [-0.4, -0.2) is 10.7 Å². The van der Waals surface area contributed by atoms with E-state index in [0.29, 0.717) is 11.8 Å². The molecule has 0 amide bonds. The minimum absolute atomic E-state index is 0.407. The summed E-state index contributed by atoms with van der Waals surface area (Å²) in [7, 11) is 0. The second kappa shape index (κ2) is 3.49. The van der Waals surface area contributed by atoms with E-state index in [1.807, 2.05) is 0 Å².